The predicted octanol–water partition coefficient (Wildman–Crippen LogP) is 2.04. The largest absolute Gasteiger partial charge is 0.508 e. The second-order valence-corrected chi connectivity index (χ2v) is 6.94. The molecule has 0 aliphatic heterocycles. The van der Waals surface area contributed by atoms with Gasteiger partial charge in [0, 0.05) is 36.4 Å². The Labute approximate surface area is 174 Å². The highest BCUT2D eigenvalue weighted by Gasteiger charge is 2.15. The van der Waals surface area contributed by atoms with Crippen LogP contribution in [0.2, 0.25) is 0 Å². The summed E-state index contributed by atoms with van der Waals surface area (Å²) in [5.41, 5.74) is 3.14. The van der Waals surface area contributed by atoms with Gasteiger partial charge in [0.2, 0.25) is 0 Å². The molecular formula is C18H16N6O5S. The summed E-state index contributed by atoms with van der Waals surface area (Å²) in [7, 11) is 1.69. The zero-order chi connectivity index (χ0) is 21.7. The number of benzene rings is 2. The number of nitrogens with one attached hydrogen (secondary N) is 1. The van der Waals surface area contributed by atoms with E-state index in [-0.39, 0.29) is 22.9 Å². The summed E-state index contributed by atoms with van der Waals surface area (Å²) in [4.78, 5) is 22.4. The molecule has 0 aliphatic rings. The van der Waals surface area contributed by atoms with Crippen LogP contribution in [-0.4, -0.2) is 47.8 Å². The lowest BCUT2D eigenvalue weighted by atomic mass is 10.2. The molecule has 0 bridgehead atoms. The Balaban J connectivity index is 1.60. The number of carbonyl (C=O) groups is 1. The number of hydrogen-bond acceptors (Lipinski definition) is 9. The molecule has 1 heterocycles. The number of amides is 1. The van der Waals surface area contributed by atoms with Gasteiger partial charge < -0.3 is 14.8 Å². The van der Waals surface area contributed by atoms with E-state index in [1.165, 1.54) is 30.5 Å². The van der Waals surface area contributed by atoms with Gasteiger partial charge in [-0.25, -0.2) is 5.43 Å². The average Bonchev–Trinajstić information content (AvgIpc) is 3.08. The first kappa shape index (κ1) is 20.8. The van der Waals surface area contributed by atoms with Crippen LogP contribution >= 0.6 is 11.8 Å². The van der Waals surface area contributed by atoms with Crippen molar-refractivity contribution in [3.05, 3.63) is 58.1 Å². The van der Waals surface area contributed by atoms with Crippen LogP contribution in [0.4, 0.5) is 5.69 Å². The van der Waals surface area contributed by atoms with Crippen molar-refractivity contribution >= 4 is 29.6 Å². The molecule has 0 fully saturated rings. The summed E-state index contributed by atoms with van der Waals surface area (Å²) < 4.78 is 1.63. The number of phenolic OH excluding ortho intramolecular Hbond substituents is 2. The van der Waals surface area contributed by atoms with Gasteiger partial charge in [0.05, 0.1) is 16.9 Å². The van der Waals surface area contributed by atoms with Crippen LogP contribution in [0.25, 0.3) is 11.4 Å². The summed E-state index contributed by atoms with van der Waals surface area (Å²) in [6.45, 7) is 0. The van der Waals surface area contributed by atoms with Gasteiger partial charge in [0.25, 0.3) is 11.6 Å². The minimum absolute atomic E-state index is 0.000188. The topological polar surface area (TPSA) is 156 Å². The van der Waals surface area contributed by atoms with Gasteiger partial charge in [0.1, 0.15) is 11.5 Å². The minimum atomic E-state index is -0.488. The Hall–Kier alpha value is -3.93. The van der Waals surface area contributed by atoms with Gasteiger partial charge in [-0.2, -0.15) is 5.10 Å². The lowest BCUT2D eigenvalue weighted by Crippen LogP contribution is -2.19. The molecule has 0 unspecified atom stereocenters. The molecule has 3 aromatic rings. The second kappa shape index (κ2) is 9.05. The Morgan fingerprint density at radius 1 is 1.30 bits per heavy atom. The maximum atomic E-state index is 12.0. The highest BCUT2D eigenvalue weighted by atomic mass is 32.2. The average molecular weight is 428 g/mol. The Kier molecular flexibility index (Phi) is 6.27. The van der Waals surface area contributed by atoms with Crippen molar-refractivity contribution in [2.75, 3.05) is 5.75 Å². The number of phenols is 2. The van der Waals surface area contributed by atoms with Crippen molar-refractivity contribution in [3.8, 4) is 22.9 Å². The molecule has 0 spiro atoms. The number of nitrogens with zero attached hydrogens (tertiary/aromatic N) is 5. The van der Waals surface area contributed by atoms with E-state index in [1.807, 2.05) is 0 Å². The molecule has 1 aromatic heterocycles. The van der Waals surface area contributed by atoms with Crippen LogP contribution in [0.1, 0.15) is 5.56 Å². The zero-order valence-electron chi connectivity index (χ0n) is 15.6. The first-order chi connectivity index (χ1) is 14.3. The number of non-ortho nitro benzene ring substituents is 1. The van der Waals surface area contributed by atoms with E-state index in [4.69, 9.17) is 0 Å². The molecule has 0 saturated heterocycles. The number of carbonyl (C=O) groups excluding carboxylic acids is 1. The number of hydrazone groups is 1. The lowest BCUT2D eigenvalue weighted by Gasteiger charge is -2.04. The van der Waals surface area contributed by atoms with Crippen molar-refractivity contribution in [2.45, 2.75) is 5.16 Å². The maximum absolute atomic E-state index is 12.0. The van der Waals surface area contributed by atoms with E-state index >= 15 is 0 Å². The first-order valence-corrected chi connectivity index (χ1v) is 9.44. The molecule has 2 aromatic carbocycles. The third kappa shape index (κ3) is 4.91. The molecule has 30 heavy (non-hydrogen) atoms. The Bertz CT molecular complexity index is 1130. The number of nitro benzene ring substituents is 1. The van der Waals surface area contributed by atoms with Crippen molar-refractivity contribution in [1.82, 2.24) is 20.2 Å². The van der Waals surface area contributed by atoms with E-state index in [9.17, 15) is 25.1 Å². The molecular weight excluding hydrogens is 412 g/mol. The summed E-state index contributed by atoms with van der Waals surface area (Å²) in [5, 5.41) is 42.1. The fourth-order valence-corrected chi connectivity index (χ4v) is 3.13. The number of aromatic hydroxyl groups is 2. The summed E-state index contributed by atoms with van der Waals surface area (Å²) >= 11 is 1.12. The SMILES string of the molecule is Cn1c(SCC(=O)NN=Cc2ccc(O)cc2O)nnc1-c1cccc([N+](=O)[O-])c1. The van der Waals surface area contributed by atoms with Crippen LogP contribution in [0.15, 0.2) is 52.7 Å². The molecule has 0 aliphatic carbocycles. The van der Waals surface area contributed by atoms with E-state index in [1.54, 1.807) is 23.7 Å². The molecule has 0 saturated carbocycles. The van der Waals surface area contributed by atoms with Gasteiger partial charge in [-0.05, 0) is 12.1 Å². The molecule has 12 heteroatoms. The van der Waals surface area contributed by atoms with Crippen molar-refractivity contribution in [3.63, 3.8) is 0 Å². The number of rotatable bonds is 7. The van der Waals surface area contributed by atoms with Crippen LogP contribution in [0.3, 0.4) is 0 Å². The summed E-state index contributed by atoms with van der Waals surface area (Å²) in [6, 6.07) is 10.0. The molecule has 0 radical (unpaired) electrons. The number of nitro groups is 1. The van der Waals surface area contributed by atoms with Crippen LogP contribution in [0, 0.1) is 10.1 Å². The minimum Gasteiger partial charge on any atom is -0.508 e. The van der Waals surface area contributed by atoms with Crippen molar-refractivity contribution in [1.29, 1.82) is 0 Å². The fraction of sp³-hybridized carbons (Fsp3) is 0.111. The van der Waals surface area contributed by atoms with Gasteiger partial charge in [0.15, 0.2) is 11.0 Å². The van der Waals surface area contributed by atoms with Gasteiger partial charge in [-0.3, -0.25) is 14.9 Å². The standard InChI is InChI=1S/C18H16N6O5S/c1-23-17(11-3-2-4-13(7-11)24(28)29)21-22-18(23)30-10-16(27)20-19-9-12-5-6-14(25)8-15(12)26/h2-9,25-26H,10H2,1H3,(H,20,27). The first-order valence-electron chi connectivity index (χ1n) is 8.46. The summed E-state index contributed by atoms with van der Waals surface area (Å²) in [5.74, 6) is -0.231. The smallest absolute Gasteiger partial charge is 0.270 e. The third-order valence-electron chi connectivity index (χ3n) is 3.89. The zero-order valence-corrected chi connectivity index (χ0v) is 16.4. The number of aromatic nitrogens is 3. The van der Waals surface area contributed by atoms with Crippen molar-refractivity contribution in [2.24, 2.45) is 12.1 Å². The quantitative estimate of drug-likeness (QED) is 0.223. The monoisotopic (exact) mass is 428 g/mol. The number of hydrogen-bond donors (Lipinski definition) is 3. The van der Waals surface area contributed by atoms with Gasteiger partial charge in [-0.15, -0.1) is 10.2 Å². The van der Waals surface area contributed by atoms with Crippen LogP contribution in [-0.2, 0) is 11.8 Å². The van der Waals surface area contributed by atoms with Crippen LogP contribution < -0.4 is 5.43 Å². The van der Waals surface area contributed by atoms with E-state index in [0.717, 1.165) is 17.8 Å². The predicted molar refractivity (Wildman–Crippen MR) is 109 cm³/mol. The van der Waals surface area contributed by atoms with Gasteiger partial charge >= 0.3 is 0 Å². The Morgan fingerprint density at radius 2 is 2.10 bits per heavy atom. The molecule has 1 amide bonds. The third-order valence-corrected chi connectivity index (χ3v) is 4.91. The highest BCUT2D eigenvalue weighted by molar-refractivity contribution is 7.99. The molecule has 3 N–H and O–H groups in total. The number of thioether (sulfide) groups is 1. The second-order valence-electron chi connectivity index (χ2n) is 6.00. The van der Waals surface area contributed by atoms with Crippen molar-refractivity contribution < 1.29 is 19.9 Å². The van der Waals surface area contributed by atoms with E-state index in [2.05, 4.69) is 20.7 Å². The normalized spacial score (nSPS) is 11.0. The molecule has 3 rings (SSSR count). The summed E-state index contributed by atoms with van der Waals surface area (Å²) in [6.07, 6.45) is 1.25. The highest BCUT2D eigenvalue weighted by Crippen LogP contribution is 2.25. The molecule has 11 nitrogen and oxygen atoms in total. The fourth-order valence-electron chi connectivity index (χ4n) is 2.43. The Morgan fingerprint density at radius 3 is 2.83 bits per heavy atom. The lowest BCUT2D eigenvalue weighted by molar-refractivity contribution is -0.384. The van der Waals surface area contributed by atoms with Gasteiger partial charge in [-0.1, -0.05) is 23.9 Å². The molecule has 0 atom stereocenters. The van der Waals surface area contributed by atoms with Crippen LogP contribution in [0.5, 0.6) is 11.5 Å². The molecule has 154 valence electrons. The maximum Gasteiger partial charge on any atom is 0.270 e. The van der Waals surface area contributed by atoms with E-state index < -0.39 is 10.8 Å². The van der Waals surface area contributed by atoms with E-state index in [0.29, 0.717) is 22.1 Å².